The highest BCUT2D eigenvalue weighted by molar-refractivity contribution is 14.1. The van der Waals surface area contributed by atoms with E-state index in [-0.39, 0.29) is 11.3 Å². The number of aliphatic hydroxyl groups excluding tert-OH is 1. The highest BCUT2D eigenvalue weighted by Gasteiger charge is 2.21. The van der Waals surface area contributed by atoms with Crippen LogP contribution in [-0.2, 0) is 9.53 Å². The molecule has 98 valence electrons. The summed E-state index contributed by atoms with van der Waals surface area (Å²) in [5.74, 6) is -1.34. The number of phenolic OH excluding ortho intramolecular Hbond substituents is 1. The third-order valence-corrected chi connectivity index (χ3v) is 3.09. The topological polar surface area (TPSA) is 95.9 Å². The smallest absolute Gasteiger partial charge is 0.330 e. The Labute approximate surface area is 117 Å². The molecule has 1 rings (SSSR count). The Morgan fingerprint density at radius 1 is 1.50 bits per heavy atom. The molecule has 0 aliphatic rings. The second-order valence-corrected chi connectivity index (χ2v) is 4.56. The fourth-order valence-corrected chi connectivity index (χ4v) is 1.55. The average Bonchev–Trinajstić information content (AvgIpc) is 2.37. The first-order valence-corrected chi connectivity index (χ1v) is 6.05. The van der Waals surface area contributed by atoms with Crippen molar-refractivity contribution in [1.29, 1.82) is 0 Å². The first-order valence-electron chi connectivity index (χ1n) is 4.97. The Hall–Kier alpha value is -1.35. The Kier molecular flexibility index (Phi) is 5.35. The highest BCUT2D eigenvalue weighted by Crippen LogP contribution is 2.20. The molecule has 0 aromatic heterocycles. The molecule has 0 fully saturated rings. The van der Waals surface area contributed by atoms with Gasteiger partial charge in [0.1, 0.15) is 5.75 Å². The van der Waals surface area contributed by atoms with Crippen LogP contribution < -0.4 is 5.32 Å². The molecule has 0 radical (unpaired) electrons. The van der Waals surface area contributed by atoms with Gasteiger partial charge in [-0.25, -0.2) is 4.79 Å². The second-order valence-electron chi connectivity index (χ2n) is 3.40. The molecule has 0 saturated carbocycles. The molecular formula is C11H12INO5. The third kappa shape index (κ3) is 3.57. The summed E-state index contributed by atoms with van der Waals surface area (Å²) in [6.07, 6.45) is 0. The molecule has 1 aromatic carbocycles. The maximum atomic E-state index is 11.8. The van der Waals surface area contributed by atoms with Crippen molar-refractivity contribution in [1.82, 2.24) is 5.32 Å². The number of aliphatic hydroxyl groups is 1. The van der Waals surface area contributed by atoms with Gasteiger partial charge in [0.25, 0.3) is 5.91 Å². The third-order valence-electron chi connectivity index (χ3n) is 2.18. The molecule has 0 unspecified atom stereocenters. The van der Waals surface area contributed by atoms with E-state index < -0.39 is 24.5 Å². The Bertz CT molecular complexity index is 463. The maximum Gasteiger partial charge on any atom is 0.330 e. The van der Waals surface area contributed by atoms with Crippen molar-refractivity contribution in [2.75, 3.05) is 13.7 Å². The number of hydrogen-bond acceptors (Lipinski definition) is 5. The number of aromatic hydroxyl groups is 1. The van der Waals surface area contributed by atoms with E-state index in [0.29, 0.717) is 3.57 Å². The van der Waals surface area contributed by atoms with Crippen LogP contribution >= 0.6 is 22.6 Å². The predicted molar refractivity (Wildman–Crippen MR) is 71.2 cm³/mol. The van der Waals surface area contributed by atoms with E-state index in [0.717, 1.165) is 7.11 Å². The lowest BCUT2D eigenvalue weighted by Gasteiger charge is -2.13. The second kappa shape index (κ2) is 6.55. The molecule has 0 heterocycles. The molecule has 0 spiro atoms. The first kappa shape index (κ1) is 14.7. The van der Waals surface area contributed by atoms with Crippen molar-refractivity contribution in [2.24, 2.45) is 0 Å². The average molecular weight is 365 g/mol. The van der Waals surface area contributed by atoms with Crippen LogP contribution in [-0.4, -0.2) is 41.8 Å². The minimum Gasteiger partial charge on any atom is -0.507 e. The molecule has 1 aromatic rings. The van der Waals surface area contributed by atoms with Crippen LogP contribution in [0.5, 0.6) is 5.75 Å². The zero-order chi connectivity index (χ0) is 13.7. The SMILES string of the molecule is COC(=O)[C@H](CO)NC(=O)c1ccc(I)c(O)c1. The fourth-order valence-electron chi connectivity index (χ4n) is 1.22. The molecule has 18 heavy (non-hydrogen) atoms. The van der Waals surface area contributed by atoms with E-state index in [1.165, 1.54) is 12.1 Å². The van der Waals surface area contributed by atoms with Crippen molar-refractivity contribution < 1.29 is 24.5 Å². The van der Waals surface area contributed by atoms with E-state index in [1.807, 2.05) is 22.6 Å². The number of esters is 1. The zero-order valence-corrected chi connectivity index (χ0v) is 11.7. The molecule has 6 nitrogen and oxygen atoms in total. The number of ether oxygens (including phenoxy) is 1. The number of carbonyl (C=O) groups excluding carboxylic acids is 2. The normalized spacial score (nSPS) is 11.7. The lowest BCUT2D eigenvalue weighted by atomic mass is 10.2. The van der Waals surface area contributed by atoms with Crippen LogP contribution in [0.2, 0.25) is 0 Å². The number of halogens is 1. The van der Waals surface area contributed by atoms with Gasteiger partial charge in [-0.1, -0.05) is 0 Å². The molecule has 0 aliphatic carbocycles. The molecule has 7 heteroatoms. The number of phenols is 1. The van der Waals surface area contributed by atoms with Gasteiger partial charge in [-0.3, -0.25) is 4.79 Å². The summed E-state index contributed by atoms with van der Waals surface area (Å²) in [5.41, 5.74) is 0.190. The number of rotatable bonds is 4. The minimum absolute atomic E-state index is 0.0260. The standard InChI is InChI=1S/C11H12INO5/c1-18-11(17)8(5-14)13-10(16)6-2-3-7(12)9(15)4-6/h2-4,8,14-15H,5H2,1H3,(H,13,16)/t8-/m0/s1. The highest BCUT2D eigenvalue weighted by atomic mass is 127. The summed E-state index contributed by atoms with van der Waals surface area (Å²) in [4.78, 5) is 22.9. The lowest BCUT2D eigenvalue weighted by Crippen LogP contribution is -2.44. The molecule has 0 saturated heterocycles. The number of nitrogens with one attached hydrogen (secondary N) is 1. The van der Waals surface area contributed by atoms with Gasteiger partial charge >= 0.3 is 5.97 Å². The Balaban J connectivity index is 2.81. The Morgan fingerprint density at radius 3 is 2.67 bits per heavy atom. The molecule has 0 bridgehead atoms. The van der Waals surface area contributed by atoms with Gasteiger partial charge in [-0.05, 0) is 40.8 Å². The summed E-state index contributed by atoms with van der Waals surface area (Å²) < 4.78 is 5.03. The quantitative estimate of drug-likeness (QED) is 0.526. The van der Waals surface area contributed by atoms with Crippen molar-refractivity contribution in [2.45, 2.75) is 6.04 Å². The van der Waals surface area contributed by atoms with E-state index >= 15 is 0 Å². The van der Waals surface area contributed by atoms with Crippen molar-refractivity contribution in [3.05, 3.63) is 27.3 Å². The number of hydrogen-bond donors (Lipinski definition) is 3. The van der Waals surface area contributed by atoms with Gasteiger partial charge in [-0.15, -0.1) is 0 Å². The van der Waals surface area contributed by atoms with Gasteiger partial charge in [0.15, 0.2) is 6.04 Å². The van der Waals surface area contributed by atoms with E-state index in [1.54, 1.807) is 6.07 Å². The predicted octanol–water partition coefficient (Wildman–Crippen LogP) is 0.260. The van der Waals surface area contributed by atoms with Crippen LogP contribution in [0.3, 0.4) is 0 Å². The number of methoxy groups -OCH3 is 1. The van der Waals surface area contributed by atoms with Crippen molar-refractivity contribution in [3.63, 3.8) is 0 Å². The van der Waals surface area contributed by atoms with Crippen LogP contribution in [0.15, 0.2) is 18.2 Å². The zero-order valence-electron chi connectivity index (χ0n) is 9.51. The van der Waals surface area contributed by atoms with Crippen LogP contribution in [0.4, 0.5) is 0 Å². The van der Waals surface area contributed by atoms with E-state index in [4.69, 9.17) is 5.11 Å². The van der Waals surface area contributed by atoms with E-state index in [2.05, 4.69) is 10.1 Å². The molecule has 0 aliphatic heterocycles. The first-order chi connectivity index (χ1) is 8.49. The van der Waals surface area contributed by atoms with Crippen LogP contribution in [0.1, 0.15) is 10.4 Å². The van der Waals surface area contributed by atoms with Gasteiger partial charge in [0.2, 0.25) is 0 Å². The Morgan fingerprint density at radius 2 is 2.17 bits per heavy atom. The van der Waals surface area contributed by atoms with Gasteiger partial charge in [-0.2, -0.15) is 0 Å². The number of amides is 1. The summed E-state index contributed by atoms with van der Waals surface area (Å²) >= 11 is 1.92. The van der Waals surface area contributed by atoms with Gasteiger partial charge < -0.3 is 20.3 Å². The maximum absolute atomic E-state index is 11.8. The lowest BCUT2D eigenvalue weighted by molar-refractivity contribution is -0.143. The monoisotopic (exact) mass is 365 g/mol. The molecular weight excluding hydrogens is 353 g/mol. The summed E-state index contributed by atoms with van der Waals surface area (Å²) in [6, 6.07) is 3.23. The van der Waals surface area contributed by atoms with Crippen LogP contribution in [0.25, 0.3) is 0 Å². The van der Waals surface area contributed by atoms with Crippen LogP contribution in [0, 0.1) is 3.57 Å². The number of carbonyl (C=O) groups is 2. The van der Waals surface area contributed by atoms with Gasteiger partial charge in [0, 0.05) is 5.56 Å². The molecule has 3 N–H and O–H groups in total. The van der Waals surface area contributed by atoms with Crippen molar-refractivity contribution >= 4 is 34.5 Å². The molecule has 1 atom stereocenters. The van der Waals surface area contributed by atoms with E-state index in [9.17, 15) is 14.7 Å². The van der Waals surface area contributed by atoms with Crippen molar-refractivity contribution in [3.8, 4) is 5.75 Å². The molecule has 1 amide bonds. The summed E-state index contributed by atoms with van der Waals surface area (Å²) in [5, 5.41) is 20.7. The van der Waals surface area contributed by atoms with Gasteiger partial charge in [0.05, 0.1) is 17.3 Å². The number of benzene rings is 1. The summed E-state index contributed by atoms with van der Waals surface area (Å²) in [6.45, 7) is -0.561. The largest absolute Gasteiger partial charge is 0.507 e. The summed E-state index contributed by atoms with van der Waals surface area (Å²) in [7, 11) is 1.16. The minimum atomic E-state index is -1.12. The fraction of sp³-hybridized carbons (Fsp3) is 0.273.